The highest BCUT2D eigenvalue weighted by molar-refractivity contribution is 9.10. The lowest BCUT2D eigenvalue weighted by Gasteiger charge is -2.10. The van der Waals surface area contributed by atoms with E-state index in [4.69, 9.17) is 0 Å². The molecule has 1 N–H and O–H groups in total. The van der Waals surface area contributed by atoms with Gasteiger partial charge in [-0.1, -0.05) is 36.2 Å². The van der Waals surface area contributed by atoms with E-state index in [0.29, 0.717) is 17.4 Å². The molecule has 1 rings (SSSR count). The van der Waals surface area contributed by atoms with Crippen LogP contribution in [-0.4, -0.2) is 15.0 Å². The Morgan fingerprint density at radius 3 is 2.38 bits per heavy atom. The van der Waals surface area contributed by atoms with E-state index in [1.54, 1.807) is 24.3 Å². The van der Waals surface area contributed by atoms with E-state index < -0.39 is 10.0 Å². The molecule has 1 unspecified atom stereocenters. The summed E-state index contributed by atoms with van der Waals surface area (Å²) < 4.78 is 27.1. The van der Waals surface area contributed by atoms with Gasteiger partial charge in [-0.05, 0) is 30.2 Å². The number of hydrogen-bond acceptors (Lipinski definition) is 2. The molecule has 0 aliphatic heterocycles. The molecule has 0 aromatic heterocycles. The Kier molecular flexibility index (Phi) is 4.95. The molecule has 90 valence electrons. The van der Waals surface area contributed by atoms with Gasteiger partial charge in [-0.3, -0.25) is 0 Å². The van der Waals surface area contributed by atoms with Crippen molar-refractivity contribution in [2.24, 2.45) is 5.92 Å². The van der Waals surface area contributed by atoms with E-state index in [-0.39, 0.29) is 0 Å². The minimum Gasteiger partial charge on any atom is -0.211 e. The van der Waals surface area contributed by atoms with Crippen molar-refractivity contribution in [1.82, 2.24) is 4.72 Å². The lowest BCUT2D eigenvalue weighted by Crippen LogP contribution is -2.28. The van der Waals surface area contributed by atoms with Gasteiger partial charge in [0.25, 0.3) is 0 Å². The van der Waals surface area contributed by atoms with Gasteiger partial charge in [0.05, 0.1) is 4.90 Å². The second-order valence-electron chi connectivity index (χ2n) is 3.82. The van der Waals surface area contributed by atoms with Crippen molar-refractivity contribution < 1.29 is 8.42 Å². The number of sulfonamides is 1. The molecular formula is C11H16BrNO2S. The minimum absolute atomic E-state index is 0.305. The first kappa shape index (κ1) is 13.7. The van der Waals surface area contributed by atoms with Gasteiger partial charge in [0.1, 0.15) is 0 Å². The van der Waals surface area contributed by atoms with Gasteiger partial charge in [-0.25, -0.2) is 13.1 Å². The summed E-state index contributed by atoms with van der Waals surface area (Å²) in [5.74, 6) is 0.352. The van der Waals surface area contributed by atoms with Crippen molar-refractivity contribution >= 4 is 26.0 Å². The van der Waals surface area contributed by atoms with Gasteiger partial charge in [0.2, 0.25) is 10.0 Å². The Hall–Kier alpha value is -0.390. The van der Waals surface area contributed by atoms with E-state index in [9.17, 15) is 8.42 Å². The molecule has 1 aromatic rings. The van der Waals surface area contributed by atoms with Crippen molar-refractivity contribution in [3.05, 3.63) is 28.7 Å². The highest BCUT2D eigenvalue weighted by atomic mass is 79.9. The van der Waals surface area contributed by atoms with Crippen LogP contribution in [0.1, 0.15) is 20.3 Å². The van der Waals surface area contributed by atoms with Crippen molar-refractivity contribution in [3.63, 3.8) is 0 Å². The van der Waals surface area contributed by atoms with Crippen LogP contribution in [-0.2, 0) is 10.0 Å². The molecule has 0 aliphatic rings. The molecule has 0 aliphatic carbocycles. The van der Waals surface area contributed by atoms with E-state index in [2.05, 4.69) is 20.7 Å². The summed E-state index contributed by atoms with van der Waals surface area (Å²) in [6.45, 7) is 4.54. The van der Waals surface area contributed by atoms with Crippen molar-refractivity contribution in [2.45, 2.75) is 25.2 Å². The van der Waals surface area contributed by atoms with E-state index >= 15 is 0 Å². The monoisotopic (exact) mass is 305 g/mol. The van der Waals surface area contributed by atoms with Crippen LogP contribution in [0, 0.1) is 5.92 Å². The number of halogens is 1. The molecular weight excluding hydrogens is 290 g/mol. The fourth-order valence-corrected chi connectivity index (χ4v) is 2.52. The number of hydrogen-bond donors (Lipinski definition) is 1. The fourth-order valence-electron chi connectivity index (χ4n) is 1.09. The third kappa shape index (κ3) is 3.88. The Bertz CT molecular complexity index is 428. The van der Waals surface area contributed by atoms with Gasteiger partial charge in [-0.2, -0.15) is 0 Å². The molecule has 0 fully saturated rings. The predicted octanol–water partition coefficient (Wildman–Crippen LogP) is 2.77. The van der Waals surface area contributed by atoms with Gasteiger partial charge in [-0.15, -0.1) is 0 Å². The maximum atomic E-state index is 11.8. The summed E-state index contributed by atoms with van der Waals surface area (Å²) >= 11 is 3.27. The zero-order chi connectivity index (χ0) is 12.2. The first-order chi connectivity index (χ1) is 7.45. The number of benzene rings is 1. The van der Waals surface area contributed by atoms with E-state index in [0.717, 1.165) is 10.9 Å². The van der Waals surface area contributed by atoms with Crippen LogP contribution in [0.4, 0.5) is 0 Å². The summed E-state index contributed by atoms with van der Waals surface area (Å²) in [7, 11) is -3.35. The Labute approximate surface area is 105 Å². The molecule has 16 heavy (non-hydrogen) atoms. The van der Waals surface area contributed by atoms with Crippen LogP contribution >= 0.6 is 15.9 Å². The molecule has 0 saturated heterocycles. The molecule has 1 atom stereocenters. The molecule has 0 heterocycles. The highest BCUT2D eigenvalue weighted by Gasteiger charge is 2.14. The first-order valence-electron chi connectivity index (χ1n) is 5.21. The fraction of sp³-hybridized carbons (Fsp3) is 0.455. The molecule has 0 saturated carbocycles. The Balaban J connectivity index is 2.74. The van der Waals surface area contributed by atoms with Gasteiger partial charge in [0, 0.05) is 11.0 Å². The summed E-state index contributed by atoms with van der Waals surface area (Å²) in [6.07, 6.45) is 0.961. The number of rotatable bonds is 5. The molecule has 3 nitrogen and oxygen atoms in total. The molecule has 0 spiro atoms. The SMILES string of the molecule is CCC(C)CNS(=O)(=O)c1ccc(Br)cc1. The Morgan fingerprint density at radius 1 is 1.31 bits per heavy atom. The van der Waals surface area contributed by atoms with Crippen molar-refractivity contribution in [2.75, 3.05) is 6.54 Å². The Morgan fingerprint density at radius 2 is 1.88 bits per heavy atom. The normalized spacial score (nSPS) is 13.7. The van der Waals surface area contributed by atoms with Crippen molar-refractivity contribution in [3.8, 4) is 0 Å². The lowest BCUT2D eigenvalue weighted by atomic mass is 10.1. The topological polar surface area (TPSA) is 46.2 Å². The van der Waals surface area contributed by atoms with Crippen LogP contribution in [0.2, 0.25) is 0 Å². The second-order valence-corrected chi connectivity index (χ2v) is 6.50. The zero-order valence-electron chi connectivity index (χ0n) is 9.40. The van der Waals surface area contributed by atoms with Gasteiger partial charge < -0.3 is 0 Å². The molecule has 0 amide bonds. The summed E-state index contributed by atoms with van der Waals surface area (Å²) in [5, 5.41) is 0. The van der Waals surface area contributed by atoms with Crippen LogP contribution in [0.5, 0.6) is 0 Å². The van der Waals surface area contributed by atoms with Gasteiger partial charge >= 0.3 is 0 Å². The summed E-state index contributed by atoms with van der Waals surface area (Å²) in [4.78, 5) is 0.305. The van der Waals surface area contributed by atoms with Crippen LogP contribution in [0.3, 0.4) is 0 Å². The minimum atomic E-state index is -3.35. The first-order valence-corrected chi connectivity index (χ1v) is 7.48. The third-order valence-electron chi connectivity index (χ3n) is 2.44. The lowest BCUT2D eigenvalue weighted by molar-refractivity contribution is 0.528. The molecule has 1 aromatic carbocycles. The van der Waals surface area contributed by atoms with Crippen molar-refractivity contribution in [1.29, 1.82) is 0 Å². The zero-order valence-corrected chi connectivity index (χ0v) is 11.8. The largest absolute Gasteiger partial charge is 0.240 e. The van der Waals surface area contributed by atoms with E-state index in [1.165, 1.54) is 0 Å². The molecule has 5 heteroatoms. The highest BCUT2D eigenvalue weighted by Crippen LogP contribution is 2.14. The average molecular weight is 306 g/mol. The van der Waals surface area contributed by atoms with Crippen LogP contribution < -0.4 is 4.72 Å². The average Bonchev–Trinajstić information content (AvgIpc) is 2.26. The van der Waals surface area contributed by atoms with Crippen LogP contribution in [0.15, 0.2) is 33.6 Å². The summed E-state index contributed by atoms with van der Waals surface area (Å²) in [5.41, 5.74) is 0. The molecule has 0 radical (unpaired) electrons. The maximum Gasteiger partial charge on any atom is 0.240 e. The summed E-state index contributed by atoms with van der Waals surface area (Å²) in [6, 6.07) is 6.61. The second kappa shape index (κ2) is 5.80. The van der Waals surface area contributed by atoms with E-state index in [1.807, 2.05) is 13.8 Å². The number of nitrogens with one attached hydrogen (secondary N) is 1. The molecule has 0 bridgehead atoms. The van der Waals surface area contributed by atoms with Gasteiger partial charge in [0.15, 0.2) is 0 Å². The predicted molar refractivity (Wildman–Crippen MR) is 68.8 cm³/mol. The van der Waals surface area contributed by atoms with Crippen LogP contribution in [0.25, 0.3) is 0 Å². The third-order valence-corrected chi connectivity index (χ3v) is 4.41. The maximum absolute atomic E-state index is 11.8. The smallest absolute Gasteiger partial charge is 0.211 e. The standard InChI is InChI=1S/C11H16BrNO2S/c1-3-9(2)8-13-16(14,15)11-6-4-10(12)5-7-11/h4-7,9,13H,3,8H2,1-2H3. The quantitative estimate of drug-likeness (QED) is 0.909.